The van der Waals surface area contributed by atoms with Gasteiger partial charge < -0.3 is 14.4 Å². The Morgan fingerprint density at radius 3 is 2.57 bits per heavy atom. The summed E-state index contributed by atoms with van der Waals surface area (Å²) in [4.78, 5) is 24.3. The van der Waals surface area contributed by atoms with Crippen LogP contribution in [0, 0.1) is 0 Å². The highest BCUT2D eigenvalue weighted by molar-refractivity contribution is 5.77. The molecule has 0 bridgehead atoms. The van der Waals surface area contributed by atoms with Gasteiger partial charge >= 0.3 is 12.1 Å². The first-order valence-corrected chi connectivity index (χ1v) is 6.85. The third kappa shape index (κ3) is 7.31. The van der Waals surface area contributed by atoms with Crippen LogP contribution in [0.25, 0.3) is 0 Å². The number of carbonyl (C=O) groups is 2. The molecule has 8 heteroatoms. The van der Waals surface area contributed by atoms with Crippen molar-refractivity contribution in [1.29, 1.82) is 0 Å². The van der Waals surface area contributed by atoms with Crippen molar-refractivity contribution < 1.29 is 32.2 Å². The first-order valence-electron chi connectivity index (χ1n) is 6.85. The average Bonchev–Trinajstić information content (AvgIpc) is 2.92. The van der Waals surface area contributed by atoms with Crippen molar-refractivity contribution in [3.8, 4) is 0 Å². The largest absolute Gasteiger partial charge is 0.469 e. The van der Waals surface area contributed by atoms with E-state index < -0.39 is 30.9 Å². The van der Waals surface area contributed by atoms with Gasteiger partial charge in [-0.3, -0.25) is 9.59 Å². The first kappa shape index (κ1) is 17.7. The SMILES string of the molecule is COC(=O)CCN(CC1CCCO1)C(=O)CCC(F)(F)F. The summed E-state index contributed by atoms with van der Waals surface area (Å²) in [6, 6.07) is 0. The summed E-state index contributed by atoms with van der Waals surface area (Å²) in [5.74, 6) is -1.12. The molecule has 1 unspecified atom stereocenters. The molecule has 1 heterocycles. The van der Waals surface area contributed by atoms with Gasteiger partial charge in [-0.25, -0.2) is 0 Å². The number of halogens is 3. The number of ether oxygens (including phenoxy) is 2. The van der Waals surface area contributed by atoms with E-state index >= 15 is 0 Å². The first-order chi connectivity index (χ1) is 9.81. The van der Waals surface area contributed by atoms with Gasteiger partial charge in [0.15, 0.2) is 0 Å². The van der Waals surface area contributed by atoms with Gasteiger partial charge in [-0.05, 0) is 12.8 Å². The fourth-order valence-corrected chi connectivity index (χ4v) is 2.09. The van der Waals surface area contributed by atoms with Gasteiger partial charge in [0.1, 0.15) is 0 Å². The summed E-state index contributed by atoms with van der Waals surface area (Å²) in [6.07, 6.45) is -4.72. The lowest BCUT2D eigenvalue weighted by Crippen LogP contribution is -2.39. The van der Waals surface area contributed by atoms with Gasteiger partial charge in [-0.1, -0.05) is 0 Å². The van der Waals surface area contributed by atoms with Crippen molar-refractivity contribution in [2.45, 2.75) is 44.4 Å². The van der Waals surface area contributed by atoms with Gasteiger partial charge in [-0.2, -0.15) is 13.2 Å². The van der Waals surface area contributed by atoms with E-state index in [0.717, 1.165) is 12.8 Å². The Morgan fingerprint density at radius 2 is 2.05 bits per heavy atom. The van der Waals surface area contributed by atoms with Crippen LogP contribution >= 0.6 is 0 Å². The average molecular weight is 311 g/mol. The number of amides is 1. The zero-order valence-corrected chi connectivity index (χ0v) is 11.9. The summed E-state index contributed by atoms with van der Waals surface area (Å²) in [5.41, 5.74) is 0. The van der Waals surface area contributed by atoms with Crippen molar-refractivity contribution in [2.75, 3.05) is 26.8 Å². The maximum atomic E-state index is 12.2. The fourth-order valence-electron chi connectivity index (χ4n) is 2.09. The number of hydrogen-bond acceptors (Lipinski definition) is 4. The molecule has 1 aliphatic rings. The molecule has 122 valence electrons. The van der Waals surface area contributed by atoms with Crippen molar-refractivity contribution in [3.63, 3.8) is 0 Å². The molecule has 0 aliphatic carbocycles. The maximum Gasteiger partial charge on any atom is 0.389 e. The third-order valence-corrected chi connectivity index (χ3v) is 3.24. The Hall–Kier alpha value is -1.31. The van der Waals surface area contributed by atoms with Gasteiger partial charge in [0.25, 0.3) is 0 Å². The Morgan fingerprint density at radius 1 is 1.33 bits per heavy atom. The highest BCUT2D eigenvalue weighted by Gasteiger charge is 2.30. The summed E-state index contributed by atoms with van der Waals surface area (Å²) < 4.78 is 46.4. The van der Waals surface area contributed by atoms with Crippen LogP contribution < -0.4 is 0 Å². The molecule has 0 aromatic rings. The van der Waals surface area contributed by atoms with Crippen LogP contribution in [0.3, 0.4) is 0 Å². The molecule has 0 N–H and O–H groups in total. The summed E-state index contributed by atoms with van der Waals surface area (Å²) >= 11 is 0. The molecule has 5 nitrogen and oxygen atoms in total. The monoisotopic (exact) mass is 311 g/mol. The molecule has 1 atom stereocenters. The summed E-state index contributed by atoms with van der Waals surface area (Å²) in [7, 11) is 1.22. The number of rotatable bonds is 7. The Labute approximate surface area is 121 Å². The zero-order chi connectivity index (χ0) is 15.9. The lowest BCUT2D eigenvalue weighted by atomic mass is 10.2. The van der Waals surface area contributed by atoms with Crippen LogP contribution in [0.2, 0.25) is 0 Å². The highest BCUT2D eigenvalue weighted by atomic mass is 19.4. The van der Waals surface area contributed by atoms with Gasteiger partial charge in [0.05, 0.1) is 26.1 Å². The lowest BCUT2D eigenvalue weighted by molar-refractivity contribution is -0.151. The molecule has 1 amide bonds. The number of nitrogens with zero attached hydrogens (tertiary/aromatic N) is 1. The third-order valence-electron chi connectivity index (χ3n) is 3.24. The topological polar surface area (TPSA) is 55.8 Å². The number of esters is 1. The van der Waals surface area contributed by atoms with Crippen LogP contribution in [0.4, 0.5) is 13.2 Å². The molecule has 0 aromatic heterocycles. The van der Waals surface area contributed by atoms with Gasteiger partial charge in [0.2, 0.25) is 5.91 Å². The number of alkyl halides is 3. The molecule has 0 spiro atoms. The number of carbonyl (C=O) groups excluding carboxylic acids is 2. The van der Waals surface area contributed by atoms with E-state index in [4.69, 9.17) is 4.74 Å². The molecular formula is C13H20F3NO4. The van der Waals surface area contributed by atoms with Crippen molar-refractivity contribution >= 4 is 11.9 Å². The second kappa shape index (κ2) is 8.21. The standard InChI is InChI=1S/C13H20F3NO4/c1-20-12(19)5-7-17(9-10-3-2-8-21-10)11(18)4-6-13(14,15)16/h10H,2-9H2,1H3. The van der Waals surface area contributed by atoms with Crippen molar-refractivity contribution in [3.05, 3.63) is 0 Å². The van der Waals surface area contributed by atoms with E-state index in [1.807, 2.05) is 0 Å². The molecule has 0 aromatic carbocycles. The van der Waals surface area contributed by atoms with Crippen molar-refractivity contribution in [1.82, 2.24) is 4.90 Å². The fraction of sp³-hybridized carbons (Fsp3) is 0.846. The second-order valence-corrected chi connectivity index (χ2v) is 4.92. The van der Waals surface area contributed by atoms with E-state index in [1.165, 1.54) is 12.0 Å². The van der Waals surface area contributed by atoms with E-state index in [-0.39, 0.29) is 25.6 Å². The van der Waals surface area contributed by atoms with E-state index in [0.29, 0.717) is 6.61 Å². The van der Waals surface area contributed by atoms with Crippen molar-refractivity contribution in [2.24, 2.45) is 0 Å². The minimum absolute atomic E-state index is 0.0407. The molecule has 0 saturated carbocycles. The predicted octanol–water partition coefficient (Wildman–Crippen LogP) is 1.90. The molecule has 1 saturated heterocycles. The Balaban J connectivity index is 2.52. The molecule has 1 rings (SSSR count). The van der Waals surface area contributed by atoms with E-state index in [9.17, 15) is 22.8 Å². The lowest BCUT2D eigenvalue weighted by Gasteiger charge is -2.25. The van der Waals surface area contributed by atoms with Crippen LogP contribution in [-0.2, 0) is 19.1 Å². The van der Waals surface area contributed by atoms with Gasteiger partial charge in [-0.15, -0.1) is 0 Å². The smallest absolute Gasteiger partial charge is 0.389 e. The minimum atomic E-state index is -4.37. The van der Waals surface area contributed by atoms with Crippen LogP contribution in [0.15, 0.2) is 0 Å². The summed E-state index contributed by atoms with van der Waals surface area (Å²) in [5, 5.41) is 0. The van der Waals surface area contributed by atoms with E-state index in [1.54, 1.807) is 0 Å². The maximum absolute atomic E-state index is 12.2. The van der Waals surface area contributed by atoms with Crippen LogP contribution in [0.1, 0.15) is 32.1 Å². The molecule has 1 fully saturated rings. The number of hydrogen-bond donors (Lipinski definition) is 0. The summed E-state index contributed by atoms with van der Waals surface area (Å²) in [6.45, 7) is 0.850. The quantitative estimate of drug-likeness (QED) is 0.674. The normalized spacial score (nSPS) is 18.6. The number of methoxy groups -OCH3 is 1. The van der Waals surface area contributed by atoms with E-state index in [2.05, 4.69) is 4.74 Å². The van der Waals surface area contributed by atoms with Crippen LogP contribution in [-0.4, -0.2) is 55.9 Å². The zero-order valence-electron chi connectivity index (χ0n) is 11.9. The highest BCUT2D eigenvalue weighted by Crippen LogP contribution is 2.22. The molecule has 1 aliphatic heterocycles. The predicted molar refractivity (Wildman–Crippen MR) is 67.5 cm³/mol. The molecule has 0 radical (unpaired) electrons. The minimum Gasteiger partial charge on any atom is -0.469 e. The molecular weight excluding hydrogens is 291 g/mol. The Kier molecular flexibility index (Phi) is 6.94. The van der Waals surface area contributed by atoms with Gasteiger partial charge in [0, 0.05) is 26.1 Å². The molecule has 21 heavy (non-hydrogen) atoms. The second-order valence-electron chi connectivity index (χ2n) is 4.92. The Bertz CT molecular complexity index is 354. The van der Waals surface area contributed by atoms with Crippen LogP contribution in [0.5, 0.6) is 0 Å².